The molecule has 3 aliphatic rings. The largest absolute Gasteiger partial charge is 0.480 e. The number of hydrogen-bond donors (Lipinski definition) is 0. The lowest BCUT2D eigenvalue weighted by Crippen LogP contribution is -2.44. The Hall–Kier alpha value is -2.72. The van der Waals surface area contributed by atoms with Crippen molar-refractivity contribution in [1.82, 2.24) is 14.3 Å². The highest BCUT2D eigenvalue weighted by Gasteiger charge is 2.36. The van der Waals surface area contributed by atoms with Gasteiger partial charge in [0.15, 0.2) is 0 Å². The Bertz CT molecular complexity index is 1140. The summed E-state index contributed by atoms with van der Waals surface area (Å²) in [6.45, 7) is 1.33. The van der Waals surface area contributed by atoms with Crippen molar-refractivity contribution >= 4 is 21.6 Å². The maximum Gasteiger partial charge on any atom is 0.243 e. The molecule has 1 aromatic carbocycles. The van der Waals surface area contributed by atoms with E-state index in [1.807, 2.05) is 0 Å². The van der Waals surface area contributed by atoms with Gasteiger partial charge in [0.25, 0.3) is 0 Å². The van der Waals surface area contributed by atoms with Crippen LogP contribution in [-0.4, -0.2) is 61.4 Å². The lowest BCUT2D eigenvalue weighted by Gasteiger charge is -2.32. The molecule has 1 aromatic heterocycles. The molecule has 1 fully saturated rings. The minimum atomic E-state index is -3.67. The molecular formula is C21H24N4O5S. The zero-order chi connectivity index (χ0) is 21.6. The van der Waals surface area contributed by atoms with E-state index in [2.05, 4.69) is 9.97 Å². The first kappa shape index (κ1) is 20.2. The molecule has 2 aromatic rings. The van der Waals surface area contributed by atoms with Crippen molar-refractivity contribution in [2.45, 2.75) is 43.1 Å². The molecular weight excluding hydrogens is 420 g/mol. The maximum atomic E-state index is 13.5. The molecule has 9 nitrogen and oxygen atoms in total. The van der Waals surface area contributed by atoms with E-state index in [0.29, 0.717) is 55.4 Å². The number of hydrogen-bond acceptors (Lipinski definition) is 7. The molecule has 5 rings (SSSR count). The molecule has 0 spiro atoms. The van der Waals surface area contributed by atoms with Gasteiger partial charge in [0.2, 0.25) is 27.7 Å². The van der Waals surface area contributed by atoms with Crippen molar-refractivity contribution in [2.24, 2.45) is 0 Å². The zero-order valence-corrected chi connectivity index (χ0v) is 18.1. The predicted molar refractivity (Wildman–Crippen MR) is 112 cm³/mol. The van der Waals surface area contributed by atoms with Gasteiger partial charge in [-0.1, -0.05) is 0 Å². The minimum Gasteiger partial charge on any atom is -0.480 e. The van der Waals surface area contributed by atoms with Gasteiger partial charge in [-0.05, 0) is 48.9 Å². The first-order valence-electron chi connectivity index (χ1n) is 10.4. The molecule has 3 aliphatic heterocycles. The van der Waals surface area contributed by atoms with Crippen molar-refractivity contribution in [3.8, 4) is 11.8 Å². The third-order valence-corrected chi connectivity index (χ3v) is 7.93. The van der Waals surface area contributed by atoms with E-state index >= 15 is 0 Å². The predicted octanol–water partition coefficient (Wildman–Crippen LogP) is 1.55. The smallest absolute Gasteiger partial charge is 0.243 e. The molecule has 1 saturated heterocycles. The second kappa shape index (κ2) is 7.76. The third-order valence-electron chi connectivity index (χ3n) is 6.09. The second-order valence-corrected chi connectivity index (χ2v) is 9.97. The number of benzene rings is 1. The molecule has 0 N–H and O–H groups in total. The van der Waals surface area contributed by atoms with E-state index in [0.717, 1.165) is 23.2 Å². The number of methoxy groups -OCH3 is 1. The summed E-state index contributed by atoms with van der Waals surface area (Å²) < 4.78 is 39.4. The van der Waals surface area contributed by atoms with Crippen LogP contribution >= 0.6 is 0 Å². The van der Waals surface area contributed by atoms with Crippen LogP contribution in [0.1, 0.15) is 30.4 Å². The van der Waals surface area contributed by atoms with Gasteiger partial charge in [0.05, 0.1) is 36.6 Å². The van der Waals surface area contributed by atoms with Crippen molar-refractivity contribution < 1.29 is 22.7 Å². The molecule has 0 radical (unpaired) electrons. The van der Waals surface area contributed by atoms with Crippen molar-refractivity contribution in [3.05, 3.63) is 35.7 Å². The Kier molecular flexibility index (Phi) is 5.05. The molecule has 0 saturated carbocycles. The first-order valence-corrected chi connectivity index (χ1v) is 11.9. The Balaban J connectivity index is 1.38. The summed E-state index contributed by atoms with van der Waals surface area (Å²) in [6.07, 6.45) is 5.80. The number of aromatic nitrogens is 2. The van der Waals surface area contributed by atoms with Crippen LogP contribution in [0.4, 0.5) is 5.69 Å². The van der Waals surface area contributed by atoms with E-state index in [4.69, 9.17) is 9.47 Å². The number of sulfonamides is 1. The van der Waals surface area contributed by atoms with Crippen LogP contribution in [0.2, 0.25) is 0 Å². The Labute approximate surface area is 181 Å². The quantitative estimate of drug-likeness (QED) is 0.690. The molecule has 10 heteroatoms. The Morgan fingerprint density at radius 3 is 2.65 bits per heavy atom. The Morgan fingerprint density at radius 2 is 1.84 bits per heavy atom. The second-order valence-electron chi connectivity index (χ2n) is 8.03. The molecule has 0 aliphatic carbocycles. The summed E-state index contributed by atoms with van der Waals surface area (Å²) in [5, 5.41) is 0. The number of amides is 1. The average Bonchev–Trinajstić information content (AvgIpc) is 3.22. The van der Waals surface area contributed by atoms with Crippen LogP contribution in [0.15, 0.2) is 29.4 Å². The standard InChI is InChI=1S/C21H24N4O5S/c1-29-18-11-22-12-19(23-18)30-16-3-2-7-24(13-16)31(27,28)17-9-14-4-5-20(26)25-8-6-15(10-17)21(14)25/h9-12,16H,2-8,13H2,1H3. The highest BCUT2D eigenvalue weighted by molar-refractivity contribution is 7.89. The number of aryl methyl sites for hydroxylation is 1. The lowest BCUT2D eigenvalue weighted by atomic mass is 10.00. The maximum absolute atomic E-state index is 13.5. The van der Waals surface area contributed by atoms with Gasteiger partial charge in [-0.3, -0.25) is 9.78 Å². The van der Waals surface area contributed by atoms with Crippen molar-refractivity contribution in [1.29, 1.82) is 0 Å². The molecule has 1 atom stereocenters. The van der Waals surface area contributed by atoms with Crippen LogP contribution < -0.4 is 14.4 Å². The zero-order valence-electron chi connectivity index (χ0n) is 17.3. The van der Waals surface area contributed by atoms with Gasteiger partial charge < -0.3 is 14.4 Å². The van der Waals surface area contributed by atoms with Crippen LogP contribution in [0.25, 0.3) is 0 Å². The van der Waals surface area contributed by atoms with Gasteiger partial charge in [-0.2, -0.15) is 9.29 Å². The number of carbonyl (C=O) groups excluding carboxylic acids is 1. The fraction of sp³-hybridized carbons (Fsp3) is 0.476. The number of piperidine rings is 1. The fourth-order valence-corrected chi connectivity index (χ4v) is 6.21. The normalized spacial score (nSPS) is 21.1. The van der Waals surface area contributed by atoms with Crippen LogP contribution in [-0.2, 0) is 27.7 Å². The van der Waals surface area contributed by atoms with Gasteiger partial charge >= 0.3 is 0 Å². The summed E-state index contributed by atoms with van der Waals surface area (Å²) in [5.74, 6) is 0.784. The lowest BCUT2D eigenvalue weighted by molar-refractivity contribution is -0.118. The molecule has 31 heavy (non-hydrogen) atoms. The summed E-state index contributed by atoms with van der Waals surface area (Å²) in [5.41, 5.74) is 2.82. The highest BCUT2D eigenvalue weighted by atomic mass is 32.2. The summed E-state index contributed by atoms with van der Waals surface area (Å²) in [7, 11) is -2.17. The van der Waals surface area contributed by atoms with Crippen molar-refractivity contribution in [2.75, 3.05) is 31.6 Å². The van der Waals surface area contributed by atoms with Gasteiger partial charge in [-0.15, -0.1) is 0 Å². The number of rotatable bonds is 5. The van der Waals surface area contributed by atoms with Crippen LogP contribution in [0.5, 0.6) is 11.8 Å². The monoisotopic (exact) mass is 444 g/mol. The summed E-state index contributed by atoms with van der Waals surface area (Å²) in [6, 6.07) is 3.49. The summed E-state index contributed by atoms with van der Waals surface area (Å²) >= 11 is 0. The fourth-order valence-electron chi connectivity index (χ4n) is 4.60. The first-order chi connectivity index (χ1) is 15.0. The van der Waals surface area contributed by atoms with E-state index in [1.165, 1.54) is 23.8 Å². The SMILES string of the molecule is COc1cncc(OC2CCCN(S(=O)(=O)c3cc4c5c(c3)CCN5C(=O)CC4)C2)n1. The number of anilines is 1. The molecule has 0 bridgehead atoms. The van der Waals surface area contributed by atoms with E-state index in [1.54, 1.807) is 17.0 Å². The van der Waals surface area contributed by atoms with Gasteiger partial charge in [-0.25, -0.2) is 8.42 Å². The van der Waals surface area contributed by atoms with Gasteiger partial charge in [0, 0.05) is 19.5 Å². The van der Waals surface area contributed by atoms with Crippen LogP contribution in [0, 0.1) is 0 Å². The Morgan fingerprint density at radius 1 is 1.06 bits per heavy atom. The van der Waals surface area contributed by atoms with Gasteiger partial charge in [0.1, 0.15) is 6.10 Å². The van der Waals surface area contributed by atoms with Crippen molar-refractivity contribution in [3.63, 3.8) is 0 Å². The number of ether oxygens (including phenoxy) is 2. The third kappa shape index (κ3) is 3.63. The van der Waals surface area contributed by atoms with E-state index in [9.17, 15) is 13.2 Å². The average molecular weight is 445 g/mol. The minimum absolute atomic E-state index is 0.124. The summed E-state index contributed by atoms with van der Waals surface area (Å²) in [4.78, 5) is 22.5. The molecule has 4 heterocycles. The van der Waals surface area contributed by atoms with Crippen LogP contribution in [0.3, 0.4) is 0 Å². The van der Waals surface area contributed by atoms with E-state index < -0.39 is 10.0 Å². The molecule has 164 valence electrons. The topological polar surface area (TPSA) is 102 Å². The molecule has 1 unspecified atom stereocenters. The highest BCUT2D eigenvalue weighted by Crippen LogP contribution is 2.39. The number of nitrogens with zero attached hydrogens (tertiary/aromatic N) is 4. The molecule has 1 amide bonds. The number of carbonyl (C=O) groups is 1. The van der Waals surface area contributed by atoms with E-state index in [-0.39, 0.29) is 18.6 Å².